The Morgan fingerprint density at radius 1 is 1.15 bits per heavy atom. The molecule has 33 heavy (non-hydrogen) atoms. The molecule has 0 radical (unpaired) electrons. The van der Waals surface area contributed by atoms with Gasteiger partial charge < -0.3 is 5.32 Å². The molecule has 0 bridgehead atoms. The minimum atomic E-state index is -1.08. The number of anilines is 1. The number of hydrogen-bond acceptors (Lipinski definition) is 4. The highest BCUT2D eigenvalue weighted by Gasteiger charge is 2.49. The van der Waals surface area contributed by atoms with Crippen molar-refractivity contribution < 1.29 is 9.59 Å². The van der Waals surface area contributed by atoms with Crippen molar-refractivity contribution >= 4 is 28.8 Å². The summed E-state index contributed by atoms with van der Waals surface area (Å²) in [5.74, 6) is -0.297. The first kappa shape index (κ1) is 21.9. The van der Waals surface area contributed by atoms with Gasteiger partial charge in [-0.05, 0) is 68.3 Å². The van der Waals surface area contributed by atoms with Crippen LogP contribution in [0.4, 0.5) is 5.69 Å². The van der Waals surface area contributed by atoms with Crippen LogP contribution in [0.3, 0.4) is 0 Å². The monoisotopic (exact) mass is 462 g/mol. The van der Waals surface area contributed by atoms with E-state index < -0.39 is 5.54 Å². The molecule has 1 N–H and O–H groups in total. The Morgan fingerprint density at radius 2 is 1.94 bits per heavy atom. The number of aryl methyl sites for hydroxylation is 1. The average molecular weight is 463 g/mol. The summed E-state index contributed by atoms with van der Waals surface area (Å²) in [6.07, 6.45) is 5.48. The van der Waals surface area contributed by atoms with Gasteiger partial charge in [-0.2, -0.15) is 5.10 Å². The Bertz CT molecular complexity index is 1190. The van der Waals surface area contributed by atoms with Crippen molar-refractivity contribution in [2.45, 2.75) is 71.0 Å². The van der Waals surface area contributed by atoms with E-state index in [0.717, 1.165) is 53.1 Å². The van der Waals surface area contributed by atoms with Gasteiger partial charge in [-0.1, -0.05) is 37.5 Å². The average Bonchev–Trinajstić information content (AvgIpc) is 3.47. The maximum absolute atomic E-state index is 14.0. The van der Waals surface area contributed by atoms with Gasteiger partial charge in [0.1, 0.15) is 16.9 Å². The number of amides is 2. The van der Waals surface area contributed by atoms with Crippen LogP contribution in [-0.2, 0) is 11.3 Å². The van der Waals surface area contributed by atoms with Crippen molar-refractivity contribution in [3.05, 3.63) is 58.6 Å². The zero-order chi connectivity index (χ0) is 23.2. The zero-order valence-electron chi connectivity index (χ0n) is 19.4. The van der Waals surface area contributed by atoms with E-state index in [9.17, 15) is 9.59 Å². The molecule has 0 unspecified atom stereocenters. The smallest absolute Gasteiger partial charge is 0.277 e. The molecule has 3 heterocycles. The van der Waals surface area contributed by atoms with E-state index >= 15 is 0 Å². The Kier molecular flexibility index (Phi) is 5.60. The number of hydrogen-bond donors (Lipinski definition) is 1. The van der Waals surface area contributed by atoms with Crippen LogP contribution in [0.25, 0.3) is 10.6 Å². The van der Waals surface area contributed by atoms with E-state index in [4.69, 9.17) is 5.10 Å². The van der Waals surface area contributed by atoms with Crippen LogP contribution in [0.1, 0.15) is 60.6 Å². The highest BCUT2D eigenvalue weighted by molar-refractivity contribution is 7.13. The Morgan fingerprint density at radius 3 is 2.67 bits per heavy atom. The number of aromatic nitrogens is 2. The number of benzene rings is 1. The molecule has 2 aliphatic rings. The van der Waals surface area contributed by atoms with E-state index in [2.05, 4.69) is 5.32 Å². The third-order valence-electron chi connectivity index (χ3n) is 7.17. The van der Waals surface area contributed by atoms with Crippen LogP contribution in [0, 0.1) is 13.8 Å². The van der Waals surface area contributed by atoms with E-state index in [1.807, 2.05) is 62.5 Å². The van der Waals surface area contributed by atoms with Gasteiger partial charge in [0, 0.05) is 11.7 Å². The lowest BCUT2D eigenvalue weighted by Crippen LogP contribution is -2.65. The molecule has 0 saturated heterocycles. The predicted molar refractivity (Wildman–Crippen MR) is 132 cm³/mol. The van der Waals surface area contributed by atoms with E-state index in [-0.39, 0.29) is 17.9 Å². The molecule has 0 spiro atoms. The molecule has 1 fully saturated rings. The fraction of sp³-hybridized carbons (Fsp3) is 0.423. The van der Waals surface area contributed by atoms with Crippen molar-refractivity contribution in [3.8, 4) is 10.6 Å². The number of fused-ring (bicyclic) bond motifs is 1. The van der Waals surface area contributed by atoms with Crippen LogP contribution < -0.4 is 10.2 Å². The molecule has 1 saturated carbocycles. The zero-order valence-corrected chi connectivity index (χ0v) is 20.2. The second kappa shape index (κ2) is 8.45. The van der Waals surface area contributed by atoms with Crippen molar-refractivity contribution in [2.24, 2.45) is 0 Å². The summed E-state index contributed by atoms with van der Waals surface area (Å²) in [6.45, 7) is 6.23. The minimum absolute atomic E-state index is 0.109. The van der Waals surface area contributed by atoms with Crippen molar-refractivity contribution in [2.75, 3.05) is 4.90 Å². The first-order valence-corrected chi connectivity index (χ1v) is 12.6. The lowest BCUT2D eigenvalue weighted by molar-refractivity contribution is -0.127. The summed E-state index contributed by atoms with van der Waals surface area (Å²) >= 11 is 1.59. The predicted octanol–water partition coefficient (Wildman–Crippen LogP) is 5.10. The SMILES string of the molecule is Cc1cccc(N2C(=O)c3cc(-c4cccs4)nn3C[C@]2(C)C(=O)NC2CCCCC2)c1C. The summed E-state index contributed by atoms with van der Waals surface area (Å²) in [4.78, 5) is 30.5. The molecular weight excluding hydrogens is 432 g/mol. The molecule has 1 aromatic carbocycles. The maximum Gasteiger partial charge on any atom is 0.277 e. The molecule has 5 rings (SSSR count). The Labute approximate surface area is 198 Å². The van der Waals surface area contributed by atoms with Crippen molar-refractivity contribution in [1.82, 2.24) is 15.1 Å². The number of carbonyl (C=O) groups excluding carboxylic acids is 2. The fourth-order valence-electron chi connectivity index (χ4n) is 5.07. The topological polar surface area (TPSA) is 67.2 Å². The maximum atomic E-state index is 14.0. The summed E-state index contributed by atoms with van der Waals surface area (Å²) in [7, 11) is 0. The Hall–Kier alpha value is -2.93. The molecule has 6 nitrogen and oxygen atoms in total. The van der Waals surface area contributed by atoms with E-state index in [1.165, 1.54) is 6.42 Å². The fourth-order valence-corrected chi connectivity index (χ4v) is 5.75. The highest BCUT2D eigenvalue weighted by Crippen LogP contribution is 2.37. The molecule has 172 valence electrons. The molecule has 2 aromatic heterocycles. The van der Waals surface area contributed by atoms with Crippen molar-refractivity contribution in [3.63, 3.8) is 0 Å². The standard InChI is InChI=1S/C26H30N4O2S/c1-17-9-7-12-21(18(17)2)30-24(31)22-15-20(23-13-8-14-33-23)28-29(22)16-26(30,3)25(32)27-19-10-5-4-6-11-19/h7-9,12-15,19H,4-6,10-11,16H2,1-3H3,(H,27,32)/t26-/m1/s1. The number of rotatable bonds is 4. The molecule has 1 atom stereocenters. The molecule has 1 aliphatic heterocycles. The number of nitrogens with zero attached hydrogens (tertiary/aromatic N) is 3. The largest absolute Gasteiger partial charge is 0.351 e. The number of thiophene rings is 1. The normalized spacial score (nSPS) is 21.2. The van der Waals surface area contributed by atoms with Gasteiger partial charge in [-0.25, -0.2) is 0 Å². The van der Waals surface area contributed by atoms with Crippen LogP contribution in [-0.4, -0.2) is 33.2 Å². The highest BCUT2D eigenvalue weighted by atomic mass is 32.1. The van der Waals surface area contributed by atoms with Crippen LogP contribution in [0.5, 0.6) is 0 Å². The molecule has 3 aromatic rings. The van der Waals surface area contributed by atoms with E-state index in [1.54, 1.807) is 20.9 Å². The second-order valence-electron chi connectivity index (χ2n) is 9.49. The van der Waals surface area contributed by atoms with Gasteiger partial charge in [0.25, 0.3) is 5.91 Å². The van der Waals surface area contributed by atoms with E-state index in [0.29, 0.717) is 12.2 Å². The van der Waals surface area contributed by atoms with Gasteiger partial charge >= 0.3 is 0 Å². The van der Waals surface area contributed by atoms with Gasteiger partial charge in [-0.3, -0.25) is 19.2 Å². The molecular formula is C26H30N4O2S. The second-order valence-corrected chi connectivity index (χ2v) is 10.4. The minimum Gasteiger partial charge on any atom is -0.351 e. The quantitative estimate of drug-likeness (QED) is 0.587. The van der Waals surface area contributed by atoms with Gasteiger partial charge in [0.15, 0.2) is 0 Å². The van der Waals surface area contributed by atoms with Crippen molar-refractivity contribution in [1.29, 1.82) is 0 Å². The summed E-state index contributed by atoms with van der Waals surface area (Å²) in [6, 6.07) is 11.9. The number of carbonyl (C=O) groups is 2. The first-order valence-electron chi connectivity index (χ1n) is 11.7. The van der Waals surface area contributed by atoms with Gasteiger partial charge in [0.05, 0.1) is 11.4 Å². The van der Waals surface area contributed by atoms with Gasteiger partial charge in [-0.15, -0.1) is 11.3 Å². The van der Waals surface area contributed by atoms with Gasteiger partial charge in [0.2, 0.25) is 5.91 Å². The summed E-state index contributed by atoms with van der Waals surface area (Å²) in [5.41, 5.74) is 3.08. The first-order chi connectivity index (χ1) is 15.9. The van der Waals surface area contributed by atoms with Crippen LogP contribution in [0.15, 0.2) is 41.8 Å². The Balaban J connectivity index is 1.59. The van der Waals surface area contributed by atoms with Crippen LogP contribution in [0.2, 0.25) is 0 Å². The third-order valence-corrected chi connectivity index (χ3v) is 8.07. The summed E-state index contributed by atoms with van der Waals surface area (Å²) < 4.78 is 1.72. The number of nitrogens with one attached hydrogen (secondary N) is 1. The molecule has 2 amide bonds. The lowest BCUT2D eigenvalue weighted by atomic mass is 9.90. The lowest BCUT2D eigenvalue weighted by Gasteiger charge is -2.44. The summed E-state index contributed by atoms with van der Waals surface area (Å²) in [5, 5.41) is 10.0. The molecule has 7 heteroatoms. The third kappa shape index (κ3) is 3.78. The van der Waals surface area contributed by atoms with Crippen LogP contribution >= 0.6 is 11.3 Å². The molecule has 1 aliphatic carbocycles.